The number of carbonyl (C=O) groups excluding carboxylic acids is 3. The van der Waals surface area contributed by atoms with E-state index in [9.17, 15) is 19.2 Å². The number of benzene rings is 2. The number of rotatable bonds is 7. The van der Waals surface area contributed by atoms with Crippen molar-refractivity contribution in [1.29, 1.82) is 0 Å². The predicted molar refractivity (Wildman–Crippen MR) is 143 cm³/mol. The van der Waals surface area contributed by atoms with Gasteiger partial charge in [-0.15, -0.1) is 11.3 Å². The number of Topliss-reactive ketones (excluding diaryl/α,β-unsaturated/α-hetero) is 2. The number of thiophene rings is 1. The van der Waals surface area contributed by atoms with E-state index >= 15 is 0 Å². The standard InChI is InChI=1S/C28H27N3O6S/c1-37-24-23-21(14-22(33)16-7-3-2-4-8-16)30-20-10-6-5-9-19(20)25(23)38-26(24)27(34)31-12-11-18(32)13-17(31)15-29-28(35)36/h2-10,17,21,29-30H,11-15H2,1H3,(H,35,36). The monoisotopic (exact) mass is 533 g/mol. The van der Waals surface area contributed by atoms with Gasteiger partial charge in [0, 0.05) is 59.6 Å². The van der Waals surface area contributed by atoms with Gasteiger partial charge in [-0.1, -0.05) is 48.5 Å². The molecule has 0 bridgehead atoms. The van der Waals surface area contributed by atoms with E-state index in [1.807, 2.05) is 42.5 Å². The summed E-state index contributed by atoms with van der Waals surface area (Å²) in [7, 11) is 1.50. The van der Waals surface area contributed by atoms with Crippen molar-refractivity contribution in [2.24, 2.45) is 0 Å². The lowest BCUT2D eigenvalue weighted by atomic mass is 9.91. The Balaban J connectivity index is 1.54. The summed E-state index contributed by atoms with van der Waals surface area (Å²) in [5, 5.41) is 14.8. The van der Waals surface area contributed by atoms with Crippen LogP contribution in [0.2, 0.25) is 0 Å². The van der Waals surface area contributed by atoms with Crippen molar-refractivity contribution in [2.45, 2.75) is 31.3 Å². The van der Waals surface area contributed by atoms with Gasteiger partial charge in [0.25, 0.3) is 5.91 Å². The Kier molecular flexibility index (Phi) is 7.15. The fourth-order valence-corrected chi connectivity index (χ4v) is 6.45. The van der Waals surface area contributed by atoms with Crippen molar-refractivity contribution in [3.63, 3.8) is 0 Å². The summed E-state index contributed by atoms with van der Waals surface area (Å²) in [6.45, 7) is 0.152. The first-order valence-electron chi connectivity index (χ1n) is 12.3. The molecule has 2 aliphatic heterocycles. The molecule has 1 saturated heterocycles. The topological polar surface area (TPSA) is 125 Å². The molecule has 3 heterocycles. The number of anilines is 1. The molecule has 2 aliphatic rings. The van der Waals surface area contributed by atoms with Crippen LogP contribution in [0.15, 0.2) is 54.6 Å². The molecule has 5 rings (SSSR count). The molecule has 0 radical (unpaired) electrons. The van der Waals surface area contributed by atoms with Crippen LogP contribution in [0.3, 0.4) is 0 Å². The third kappa shape index (κ3) is 4.87. The summed E-state index contributed by atoms with van der Waals surface area (Å²) in [6.07, 6.45) is -0.761. The Morgan fingerprint density at radius 2 is 1.87 bits per heavy atom. The number of hydrogen-bond acceptors (Lipinski definition) is 7. The first-order valence-corrected chi connectivity index (χ1v) is 13.1. The number of para-hydroxylation sites is 1. The number of ketones is 2. The molecule has 9 nitrogen and oxygen atoms in total. The van der Waals surface area contributed by atoms with Crippen LogP contribution in [-0.4, -0.2) is 59.8 Å². The number of piperidine rings is 1. The number of methoxy groups -OCH3 is 1. The van der Waals surface area contributed by atoms with Crippen LogP contribution in [0.1, 0.15) is 50.9 Å². The van der Waals surface area contributed by atoms with Crippen LogP contribution in [0.5, 0.6) is 5.75 Å². The highest BCUT2D eigenvalue weighted by molar-refractivity contribution is 7.18. The van der Waals surface area contributed by atoms with Gasteiger partial charge in [-0.05, 0) is 6.07 Å². The number of carboxylic acid groups (broad SMARTS) is 1. The number of hydrogen-bond donors (Lipinski definition) is 3. The molecule has 1 aromatic heterocycles. The van der Waals surface area contributed by atoms with E-state index in [4.69, 9.17) is 9.84 Å². The number of nitrogens with one attached hydrogen (secondary N) is 2. The molecule has 2 aromatic carbocycles. The molecule has 3 N–H and O–H groups in total. The van der Waals surface area contributed by atoms with E-state index in [1.54, 1.807) is 17.0 Å². The third-order valence-corrected chi connectivity index (χ3v) is 8.13. The van der Waals surface area contributed by atoms with Gasteiger partial charge in [0.1, 0.15) is 16.4 Å². The second-order valence-corrected chi connectivity index (χ2v) is 10.3. The second-order valence-electron chi connectivity index (χ2n) is 9.27. The predicted octanol–water partition coefficient (Wildman–Crippen LogP) is 4.60. The third-order valence-electron chi connectivity index (χ3n) is 6.92. The molecule has 2 amide bonds. The van der Waals surface area contributed by atoms with Crippen LogP contribution in [0.4, 0.5) is 10.5 Å². The summed E-state index contributed by atoms with van der Waals surface area (Å²) >= 11 is 1.30. The normalized spacial score (nSPS) is 18.1. The molecule has 1 fully saturated rings. The van der Waals surface area contributed by atoms with Gasteiger partial charge in [-0.25, -0.2) is 4.79 Å². The summed E-state index contributed by atoms with van der Waals surface area (Å²) in [6, 6.07) is 15.8. The van der Waals surface area contributed by atoms with Gasteiger partial charge < -0.3 is 25.4 Å². The smallest absolute Gasteiger partial charge is 0.404 e. The zero-order chi connectivity index (χ0) is 26.8. The maximum absolute atomic E-state index is 13.9. The summed E-state index contributed by atoms with van der Waals surface area (Å²) in [5.74, 6) is 0.0199. The minimum absolute atomic E-state index is 0.0127. The molecular formula is C28H27N3O6S. The van der Waals surface area contributed by atoms with Gasteiger partial charge in [0.05, 0.1) is 19.2 Å². The molecule has 2 unspecified atom stereocenters. The van der Waals surface area contributed by atoms with E-state index in [0.717, 1.165) is 21.7 Å². The lowest BCUT2D eigenvalue weighted by molar-refractivity contribution is -0.122. The zero-order valence-electron chi connectivity index (χ0n) is 20.7. The molecule has 38 heavy (non-hydrogen) atoms. The van der Waals surface area contributed by atoms with Gasteiger partial charge in [-0.3, -0.25) is 14.4 Å². The summed E-state index contributed by atoms with van der Waals surface area (Å²) in [4.78, 5) is 53.1. The SMILES string of the molecule is COc1c(C(=O)N2CCC(=O)CC2CNC(=O)O)sc2c1C(CC(=O)c1ccccc1)Nc1ccccc1-2. The zero-order valence-corrected chi connectivity index (χ0v) is 21.5. The summed E-state index contributed by atoms with van der Waals surface area (Å²) < 4.78 is 5.82. The largest absolute Gasteiger partial charge is 0.495 e. The van der Waals surface area contributed by atoms with E-state index in [0.29, 0.717) is 16.2 Å². The first-order chi connectivity index (χ1) is 18.4. The van der Waals surface area contributed by atoms with E-state index < -0.39 is 18.2 Å². The summed E-state index contributed by atoms with van der Waals surface area (Å²) in [5.41, 5.74) is 3.12. The fraction of sp³-hybridized carbons (Fsp3) is 0.286. The van der Waals surface area contributed by atoms with Gasteiger partial charge in [0.15, 0.2) is 5.78 Å². The molecule has 0 aliphatic carbocycles. The number of carbonyl (C=O) groups is 4. The lowest BCUT2D eigenvalue weighted by Gasteiger charge is -2.34. The van der Waals surface area contributed by atoms with Gasteiger partial charge in [-0.2, -0.15) is 0 Å². The average Bonchev–Trinajstić information content (AvgIpc) is 3.32. The number of amides is 2. The first kappa shape index (κ1) is 25.5. The molecule has 196 valence electrons. The van der Waals surface area contributed by atoms with Crippen molar-refractivity contribution in [2.75, 3.05) is 25.5 Å². The number of ether oxygens (including phenoxy) is 1. The van der Waals surface area contributed by atoms with E-state index in [1.165, 1.54) is 18.4 Å². The Hall–Kier alpha value is -4.18. The fourth-order valence-electron chi connectivity index (χ4n) is 5.12. The quantitative estimate of drug-likeness (QED) is 0.379. The van der Waals surface area contributed by atoms with E-state index in [2.05, 4.69) is 10.6 Å². The second kappa shape index (κ2) is 10.7. The van der Waals surface area contributed by atoms with Crippen LogP contribution < -0.4 is 15.4 Å². The molecule has 3 aromatic rings. The van der Waals surface area contributed by atoms with E-state index in [-0.39, 0.29) is 49.8 Å². The Bertz CT molecular complexity index is 1400. The highest BCUT2D eigenvalue weighted by Crippen LogP contribution is 2.52. The van der Waals surface area contributed by atoms with Crippen molar-refractivity contribution in [1.82, 2.24) is 10.2 Å². The molecule has 2 atom stereocenters. The Morgan fingerprint density at radius 1 is 1.13 bits per heavy atom. The maximum Gasteiger partial charge on any atom is 0.404 e. The molecule has 10 heteroatoms. The van der Waals surface area contributed by atoms with Crippen LogP contribution in [0, 0.1) is 0 Å². The van der Waals surface area contributed by atoms with Crippen molar-refractivity contribution >= 4 is 40.6 Å². The minimum atomic E-state index is -1.21. The van der Waals surface area contributed by atoms with Crippen molar-refractivity contribution in [3.8, 4) is 16.2 Å². The lowest BCUT2D eigenvalue weighted by Crippen LogP contribution is -2.51. The van der Waals surface area contributed by atoms with Crippen LogP contribution >= 0.6 is 11.3 Å². The highest BCUT2D eigenvalue weighted by Gasteiger charge is 2.38. The average molecular weight is 534 g/mol. The number of fused-ring (bicyclic) bond motifs is 3. The maximum atomic E-state index is 13.9. The Morgan fingerprint density at radius 3 is 2.61 bits per heavy atom. The van der Waals surface area contributed by atoms with Crippen LogP contribution in [-0.2, 0) is 4.79 Å². The van der Waals surface area contributed by atoms with Crippen molar-refractivity contribution < 1.29 is 29.0 Å². The van der Waals surface area contributed by atoms with Gasteiger partial charge >= 0.3 is 6.09 Å². The highest BCUT2D eigenvalue weighted by atomic mass is 32.1. The minimum Gasteiger partial charge on any atom is -0.495 e. The molecule has 0 saturated carbocycles. The number of nitrogens with zero attached hydrogens (tertiary/aromatic N) is 1. The Labute approximate surface area is 223 Å². The van der Waals surface area contributed by atoms with Gasteiger partial charge in [0.2, 0.25) is 0 Å². The van der Waals surface area contributed by atoms with Crippen LogP contribution in [0.25, 0.3) is 10.4 Å². The van der Waals surface area contributed by atoms with Crippen molar-refractivity contribution in [3.05, 3.63) is 70.6 Å². The molecular weight excluding hydrogens is 506 g/mol. The number of likely N-dealkylation sites (tertiary alicyclic amines) is 1. The molecule has 0 spiro atoms.